The Morgan fingerprint density at radius 3 is 1.76 bits per heavy atom. The van der Waals surface area contributed by atoms with E-state index in [1.54, 1.807) is 0 Å². The minimum absolute atomic E-state index is 0.167. The van der Waals surface area contributed by atoms with Gasteiger partial charge in [0, 0.05) is 0 Å². The summed E-state index contributed by atoms with van der Waals surface area (Å²) in [6.45, 7) is 17.8. The van der Waals surface area contributed by atoms with Crippen molar-refractivity contribution in [3.63, 3.8) is 0 Å². The molecule has 0 amide bonds. The summed E-state index contributed by atoms with van der Waals surface area (Å²) in [7, 11) is 0. The zero-order chi connectivity index (χ0) is 30.5. The third-order valence-corrected chi connectivity index (χ3v) is 9.09. The van der Waals surface area contributed by atoms with E-state index in [1.807, 2.05) is 6.08 Å². The molecule has 2 aliphatic carbocycles. The van der Waals surface area contributed by atoms with Crippen LogP contribution in [0.3, 0.4) is 0 Å². The molecule has 0 spiro atoms. The van der Waals surface area contributed by atoms with Crippen molar-refractivity contribution in [3.05, 3.63) is 154 Å². The summed E-state index contributed by atoms with van der Waals surface area (Å²) in [6.07, 6.45) is 8.40. The molecular formula is C41H44Zr. The molecule has 1 heteroatoms. The maximum atomic E-state index is 3.67. The van der Waals surface area contributed by atoms with Gasteiger partial charge in [-0.3, -0.25) is 6.08 Å². The fourth-order valence-electron chi connectivity index (χ4n) is 5.16. The molecule has 6 rings (SSSR count). The zero-order valence-corrected chi connectivity index (χ0v) is 29.1. The molecule has 1 atom stereocenters. The van der Waals surface area contributed by atoms with E-state index in [1.165, 1.54) is 77.5 Å². The summed E-state index contributed by atoms with van der Waals surface area (Å²) < 4.78 is 1.42. The summed E-state index contributed by atoms with van der Waals surface area (Å²) in [5.74, 6) is 0.556. The van der Waals surface area contributed by atoms with Gasteiger partial charge in [-0.2, -0.15) is 29.8 Å². The van der Waals surface area contributed by atoms with E-state index >= 15 is 0 Å². The van der Waals surface area contributed by atoms with E-state index in [9.17, 15) is 0 Å². The first kappa shape index (κ1) is 32.0. The number of benzene rings is 4. The van der Waals surface area contributed by atoms with Crippen LogP contribution >= 0.6 is 0 Å². The summed E-state index contributed by atoms with van der Waals surface area (Å²) in [5.41, 5.74) is 12.7. The fraction of sp³-hybridized carbons (Fsp3) is 0.293. The normalized spacial score (nSPS) is 15.0. The van der Waals surface area contributed by atoms with Gasteiger partial charge < -0.3 is 0 Å². The van der Waals surface area contributed by atoms with Crippen molar-refractivity contribution in [2.45, 2.75) is 72.6 Å². The van der Waals surface area contributed by atoms with Crippen molar-refractivity contribution < 1.29 is 24.2 Å². The van der Waals surface area contributed by atoms with Crippen LogP contribution in [0, 0.1) is 18.1 Å². The molecule has 0 aromatic heterocycles. The van der Waals surface area contributed by atoms with Gasteiger partial charge in [-0.25, -0.2) is 11.6 Å². The van der Waals surface area contributed by atoms with Crippen molar-refractivity contribution >= 4 is 3.21 Å². The van der Waals surface area contributed by atoms with Crippen LogP contribution in [0.5, 0.6) is 0 Å². The van der Waals surface area contributed by atoms with Gasteiger partial charge in [0.15, 0.2) is 0 Å². The molecular weight excluding hydrogens is 584 g/mol. The fourth-order valence-corrected chi connectivity index (χ4v) is 5.98. The predicted octanol–water partition coefficient (Wildman–Crippen LogP) is 10.4. The Balaban J connectivity index is 0.000000165. The van der Waals surface area contributed by atoms with Gasteiger partial charge in [-0.15, -0.1) is 18.1 Å². The molecule has 0 heterocycles. The van der Waals surface area contributed by atoms with E-state index in [0.29, 0.717) is 5.92 Å². The summed E-state index contributed by atoms with van der Waals surface area (Å²) in [6, 6.07) is 36.3. The molecule has 42 heavy (non-hydrogen) atoms. The average molecular weight is 628 g/mol. The monoisotopic (exact) mass is 626 g/mol. The number of hydrogen-bond donors (Lipinski definition) is 0. The Morgan fingerprint density at radius 2 is 1.31 bits per heavy atom. The number of allylic oxidation sites excluding steroid dienone is 4. The third-order valence-electron chi connectivity index (χ3n) is 7.68. The number of hydrogen-bond acceptors (Lipinski definition) is 0. The molecule has 0 radical (unpaired) electrons. The van der Waals surface area contributed by atoms with Crippen LogP contribution in [0.2, 0.25) is 0 Å². The Bertz CT molecular complexity index is 1470. The summed E-state index contributed by atoms with van der Waals surface area (Å²) in [4.78, 5) is 0. The quantitative estimate of drug-likeness (QED) is 0.171. The van der Waals surface area contributed by atoms with Crippen LogP contribution < -0.4 is 0 Å². The van der Waals surface area contributed by atoms with Crippen molar-refractivity contribution in [1.82, 2.24) is 0 Å². The van der Waals surface area contributed by atoms with E-state index in [-0.39, 0.29) is 10.8 Å². The van der Waals surface area contributed by atoms with Crippen molar-refractivity contribution in [3.8, 4) is 11.1 Å². The van der Waals surface area contributed by atoms with Gasteiger partial charge in [0.05, 0.1) is 0 Å². The average Bonchev–Trinajstić information content (AvgIpc) is 3.53. The van der Waals surface area contributed by atoms with Gasteiger partial charge in [0.1, 0.15) is 0 Å². The molecule has 0 saturated heterocycles. The first-order chi connectivity index (χ1) is 19.8. The van der Waals surface area contributed by atoms with Crippen molar-refractivity contribution in [2.24, 2.45) is 5.92 Å². The van der Waals surface area contributed by atoms with Crippen LogP contribution in [0.1, 0.15) is 88.8 Å². The molecule has 0 N–H and O–H groups in total. The Morgan fingerprint density at radius 1 is 0.738 bits per heavy atom. The summed E-state index contributed by atoms with van der Waals surface area (Å²) in [5, 5.41) is 0. The molecule has 0 aliphatic heterocycles. The van der Waals surface area contributed by atoms with E-state index in [4.69, 9.17) is 0 Å². The van der Waals surface area contributed by atoms with Gasteiger partial charge in [0.25, 0.3) is 0 Å². The molecule has 4 aromatic rings. The molecule has 0 bridgehead atoms. The molecule has 4 aromatic carbocycles. The second-order valence-corrected chi connectivity index (χ2v) is 14.7. The topological polar surface area (TPSA) is 0 Å². The Kier molecular flexibility index (Phi) is 10.4. The van der Waals surface area contributed by atoms with Crippen LogP contribution in [-0.4, -0.2) is 3.21 Å². The van der Waals surface area contributed by atoms with Crippen LogP contribution in [0.25, 0.3) is 11.1 Å². The second kappa shape index (κ2) is 13.6. The van der Waals surface area contributed by atoms with E-state index < -0.39 is 0 Å². The molecule has 2 aliphatic rings. The number of rotatable bonds is 2. The molecule has 212 valence electrons. The van der Waals surface area contributed by atoms with E-state index in [0.717, 1.165) is 6.42 Å². The molecule has 0 nitrogen and oxygen atoms in total. The van der Waals surface area contributed by atoms with Gasteiger partial charge in [0.2, 0.25) is 0 Å². The number of fused-ring (bicyclic) bond motifs is 3. The van der Waals surface area contributed by atoms with Crippen LogP contribution in [0.15, 0.2) is 109 Å². The van der Waals surface area contributed by atoms with Gasteiger partial charge >= 0.3 is 99.2 Å². The van der Waals surface area contributed by atoms with Crippen LogP contribution in [-0.2, 0) is 41.5 Å². The minimum atomic E-state index is 0.167. The van der Waals surface area contributed by atoms with Crippen molar-refractivity contribution in [2.75, 3.05) is 0 Å². The SMILES string of the molecule is CC(C)(C)c1[c-]c2c(cc1)-c1ccc(C(C)(C)C)cc1C2.CC1=CC(C)[C-]=C1.[Zr+2]=[C](c1ccccc1)c1ccccc1. The zero-order valence-electron chi connectivity index (χ0n) is 26.6. The molecule has 0 saturated carbocycles. The molecule has 1 unspecified atom stereocenters. The Labute approximate surface area is 269 Å². The Hall–Kier alpha value is -2.89. The first-order valence-corrected chi connectivity index (χ1v) is 16.2. The van der Waals surface area contributed by atoms with Crippen molar-refractivity contribution in [1.29, 1.82) is 0 Å². The van der Waals surface area contributed by atoms with E-state index in [2.05, 4.69) is 165 Å². The molecule has 0 fully saturated rings. The van der Waals surface area contributed by atoms with Gasteiger partial charge in [-0.05, 0) is 28.4 Å². The first-order valence-electron chi connectivity index (χ1n) is 15.0. The van der Waals surface area contributed by atoms with Crippen LogP contribution in [0.4, 0.5) is 0 Å². The summed E-state index contributed by atoms with van der Waals surface area (Å²) >= 11 is 1.46. The maximum absolute atomic E-state index is 3.67. The van der Waals surface area contributed by atoms with Gasteiger partial charge in [-0.1, -0.05) is 78.1 Å². The second-order valence-electron chi connectivity index (χ2n) is 13.4. The predicted molar refractivity (Wildman–Crippen MR) is 178 cm³/mol. The third kappa shape index (κ3) is 8.35. The standard InChI is InChI=1S/C21H25.C13H10.C7H9.Zr/c1-20(2,3)16-7-9-18-14(12-16)11-15-13-17(21(4,5)6)8-10-19(15)18;1-3-7-12(8-4-1)11-13-9-5-2-6-10-13;1-6-3-4-7(2)5-6;/h7-10,12H,11H2,1-6H3;1-10H;3,5,7H,1-2H3;/q-1;;-1;+2.